The SMILES string of the molecule is CCCN1CCN(c2ccc(-c3ncc(-c4ccc(Cl)c(Cl)c4)[nH]3)cn2)CC1. The van der Waals surface area contributed by atoms with Crippen LogP contribution in [0.1, 0.15) is 13.3 Å². The predicted molar refractivity (Wildman–Crippen MR) is 116 cm³/mol. The monoisotopic (exact) mass is 415 g/mol. The standard InChI is InChI=1S/C21H23Cl2N5/c1-2-7-27-8-10-28(11-9-27)20-6-4-16(13-24-20)21-25-14-19(26-21)15-3-5-17(22)18(23)12-15/h3-6,12-14H,2,7-11H2,1H3,(H,25,26). The molecule has 5 nitrogen and oxygen atoms in total. The molecule has 1 N–H and O–H groups in total. The molecular weight excluding hydrogens is 393 g/mol. The fraction of sp³-hybridized carbons (Fsp3) is 0.333. The minimum absolute atomic E-state index is 0.528. The van der Waals surface area contributed by atoms with Gasteiger partial charge < -0.3 is 9.88 Å². The number of aromatic amines is 1. The van der Waals surface area contributed by atoms with E-state index in [4.69, 9.17) is 23.2 Å². The number of H-pyrrole nitrogens is 1. The molecule has 146 valence electrons. The highest BCUT2D eigenvalue weighted by molar-refractivity contribution is 6.42. The van der Waals surface area contributed by atoms with Crippen molar-refractivity contribution >= 4 is 29.0 Å². The summed E-state index contributed by atoms with van der Waals surface area (Å²) in [6, 6.07) is 9.69. The summed E-state index contributed by atoms with van der Waals surface area (Å²) in [5, 5.41) is 1.07. The third-order valence-corrected chi connectivity index (χ3v) is 5.80. The van der Waals surface area contributed by atoms with E-state index in [9.17, 15) is 0 Å². The van der Waals surface area contributed by atoms with Crippen molar-refractivity contribution in [3.63, 3.8) is 0 Å². The molecule has 1 saturated heterocycles. The van der Waals surface area contributed by atoms with E-state index in [0.717, 1.165) is 54.6 Å². The van der Waals surface area contributed by atoms with Crippen LogP contribution in [-0.4, -0.2) is 52.6 Å². The largest absolute Gasteiger partial charge is 0.354 e. The first-order valence-electron chi connectivity index (χ1n) is 9.58. The summed E-state index contributed by atoms with van der Waals surface area (Å²) < 4.78 is 0. The van der Waals surface area contributed by atoms with E-state index in [1.165, 1.54) is 13.0 Å². The molecule has 4 rings (SSSR count). The lowest BCUT2D eigenvalue weighted by molar-refractivity contribution is 0.258. The van der Waals surface area contributed by atoms with Gasteiger partial charge in [-0.3, -0.25) is 4.90 Å². The number of hydrogen-bond acceptors (Lipinski definition) is 4. The second kappa shape index (κ2) is 8.52. The van der Waals surface area contributed by atoms with E-state index in [2.05, 4.69) is 43.8 Å². The van der Waals surface area contributed by atoms with E-state index in [1.54, 1.807) is 12.3 Å². The molecule has 0 saturated carbocycles. The Bertz CT molecular complexity index is 930. The lowest BCUT2D eigenvalue weighted by atomic mass is 10.2. The first-order chi connectivity index (χ1) is 13.6. The number of benzene rings is 1. The Kier molecular flexibility index (Phi) is 5.85. The number of pyridine rings is 1. The summed E-state index contributed by atoms with van der Waals surface area (Å²) in [6.07, 6.45) is 4.89. The van der Waals surface area contributed by atoms with Crippen LogP contribution in [0.15, 0.2) is 42.7 Å². The molecule has 2 aromatic heterocycles. The van der Waals surface area contributed by atoms with E-state index < -0.39 is 0 Å². The summed E-state index contributed by atoms with van der Waals surface area (Å²) in [4.78, 5) is 17.4. The molecule has 0 atom stereocenters. The lowest BCUT2D eigenvalue weighted by Crippen LogP contribution is -2.46. The molecule has 1 aliphatic rings. The van der Waals surface area contributed by atoms with E-state index in [0.29, 0.717) is 10.0 Å². The van der Waals surface area contributed by atoms with Gasteiger partial charge in [-0.25, -0.2) is 9.97 Å². The van der Waals surface area contributed by atoms with Gasteiger partial charge in [0.25, 0.3) is 0 Å². The number of anilines is 1. The smallest absolute Gasteiger partial charge is 0.139 e. The molecule has 1 aromatic carbocycles. The Morgan fingerprint density at radius 3 is 2.39 bits per heavy atom. The number of aromatic nitrogens is 3. The molecule has 1 fully saturated rings. The highest BCUT2D eigenvalue weighted by Gasteiger charge is 2.17. The zero-order valence-electron chi connectivity index (χ0n) is 15.8. The number of nitrogens with one attached hydrogen (secondary N) is 1. The highest BCUT2D eigenvalue weighted by Crippen LogP contribution is 2.29. The van der Waals surface area contributed by atoms with Crippen LogP contribution >= 0.6 is 23.2 Å². The van der Waals surface area contributed by atoms with Gasteiger partial charge in [0.2, 0.25) is 0 Å². The number of halogens is 2. The quantitative estimate of drug-likeness (QED) is 0.638. The van der Waals surface area contributed by atoms with Crippen LogP contribution in [0.5, 0.6) is 0 Å². The van der Waals surface area contributed by atoms with Crippen LogP contribution in [0, 0.1) is 0 Å². The van der Waals surface area contributed by atoms with Gasteiger partial charge in [0.1, 0.15) is 11.6 Å². The fourth-order valence-corrected chi connectivity index (χ4v) is 3.81. The molecule has 0 aliphatic carbocycles. The second-order valence-corrected chi connectivity index (χ2v) is 7.82. The molecular formula is C21H23Cl2N5. The van der Waals surface area contributed by atoms with Crippen LogP contribution in [0.3, 0.4) is 0 Å². The highest BCUT2D eigenvalue weighted by atomic mass is 35.5. The van der Waals surface area contributed by atoms with Crippen molar-refractivity contribution < 1.29 is 0 Å². The normalized spacial score (nSPS) is 15.2. The maximum absolute atomic E-state index is 6.12. The average molecular weight is 416 g/mol. The predicted octanol–water partition coefficient (Wildman–Crippen LogP) is 4.98. The summed E-state index contributed by atoms with van der Waals surface area (Å²) in [7, 11) is 0. The molecule has 28 heavy (non-hydrogen) atoms. The lowest BCUT2D eigenvalue weighted by Gasteiger charge is -2.35. The summed E-state index contributed by atoms with van der Waals surface area (Å²) >= 11 is 12.1. The second-order valence-electron chi connectivity index (χ2n) is 7.01. The molecule has 0 spiro atoms. The topological polar surface area (TPSA) is 48.0 Å². The maximum Gasteiger partial charge on any atom is 0.139 e. The number of rotatable bonds is 5. The van der Waals surface area contributed by atoms with Gasteiger partial charge in [0, 0.05) is 43.5 Å². The molecule has 0 amide bonds. The van der Waals surface area contributed by atoms with E-state index >= 15 is 0 Å². The van der Waals surface area contributed by atoms with Crippen molar-refractivity contribution in [1.29, 1.82) is 0 Å². The van der Waals surface area contributed by atoms with Gasteiger partial charge in [0.05, 0.1) is 21.9 Å². The number of hydrogen-bond donors (Lipinski definition) is 1. The molecule has 3 aromatic rings. The Labute approximate surface area is 175 Å². The van der Waals surface area contributed by atoms with Gasteiger partial charge in [-0.1, -0.05) is 36.2 Å². The molecule has 1 aliphatic heterocycles. The van der Waals surface area contributed by atoms with Crippen LogP contribution in [0.2, 0.25) is 10.0 Å². The molecule has 0 bridgehead atoms. The third-order valence-electron chi connectivity index (χ3n) is 5.06. The zero-order valence-corrected chi connectivity index (χ0v) is 17.3. The minimum Gasteiger partial charge on any atom is -0.354 e. The number of imidazole rings is 1. The molecule has 3 heterocycles. The Balaban J connectivity index is 1.46. The summed E-state index contributed by atoms with van der Waals surface area (Å²) in [5.41, 5.74) is 2.80. The fourth-order valence-electron chi connectivity index (χ4n) is 3.51. The summed E-state index contributed by atoms with van der Waals surface area (Å²) in [6.45, 7) is 7.65. The Morgan fingerprint density at radius 2 is 1.71 bits per heavy atom. The molecule has 0 radical (unpaired) electrons. The van der Waals surface area contributed by atoms with Crippen molar-refractivity contribution in [2.75, 3.05) is 37.6 Å². The van der Waals surface area contributed by atoms with Crippen molar-refractivity contribution in [1.82, 2.24) is 19.9 Å². The van der Waals surface area contributed by atoms with Crippen molar-refractivity contribution in [3.05, 3.63) is 52.8 Å². The van der Waals surface area contributed by atoms with Crippen molar-refractivity contribution in [3.8, 4) is 22.6 Å². The Morgan fingerprint density at radius 1 is 0.929 bits per heavy atom. The van der Waals surface area contributed by atoms with Crippen molar-refractivity contribution in [2.24, 2.45) is 0 Å². The van der Waals surface area contributed by atoms with E-state index in [1.807, 2.05) is 18.3 Å². The first-order valence-corrected chi connectivity index (χ1v) is 10.3. The van der Waals surface area contributed by atoms with Crippen LogP contribution in [-0.2, 0) is 0 Å². The van der Waals surface area contributed by atoms with Gasteiger partial charge in [0.15, 0.2) is 0 Å². The zero-order chi connectivity index (χ0) is 19.5. The van der Waals surface area contributed by atoms with Crippen LogP contribution < -0.4 is 4.90 Å². The van der Waals surface area contributed by atoms with Gasteiger partial charge >= 0.3 is 0 Å². The van der Waals surface area contributed by atoms with Crippen LogP contribution in [0.25, 0.3) is 22.6 Å². The molecule has 7 heteroatoms. The van der Waals surface area contributed by atoms with Gasteiger partial charge in [-0.05, 0) is 37.2 Å². The summed E-state index contributed by atoms with van der Waals surface area (Å²) in [5.74, 6) is 1.81. The number of nitrogens with zero attached hydrogens (tertiary/aromatic N) is 4. The van der Waals surface area contributed by atoms with E-state index in [-0.39, 0.29) is 0 Å². The van der Waals surface area contributed by atoms with Crippen LogP contribution in [0.4, 0.5) is 5.82 Å². The first kappa shape index (κ1) is 19.2. The van der Waals surface area contributed by atoms with Crippen molar-refractivity contribution in [2.45, 2.75) is 13.3 Å². The van der Waals surface area contributed by atoms with Gasteiger partial charge in [-0.2, -0.15) is 0 Å². The van der Waals surface area contributed by atoms with Gasteiger partial charge in [-0.15, -0.1) is 0 Å². The third kappa shape index (κ3) is 4.17. The Hall–Kier alpha value is -2.08. The number of piperazine rings is 1. The maximum atomic E-state index is 6.12. The molecule has 0 unspecified atom stereocenters. The minimum atomic E-state index is 0.528. The average Bonchev–Trinajstić information content (AvgIpc) is 3.21.